The Morgan fingerprint density at radius 2 is 1.91 bits per heavy atom. The smallest absolute Gasteiger partial charge is 0.261 e. The molecule has 0 bridgehead atoms. The zero-order chi connectivity index (χ0) is 24.3. The number of carbonyl (C=O) groups is 1. The highest BCUT2D eigenvalue weighted by Crippen LogP contribution is 2.28. The van der Waals surface area contributed by atoms with Gasteiger partial charge in [-0.15, -0.1) is 0 Å². The second kappa shape index (κ2) is 9.82. The van der Waals surface area contributed by atoms with Crippen molar-refractivity contribution in [2.24, 2.45) is 5.73 Å². The van der Waals surface area contributed by atoms with Gasteiger partial charge >= 0.3 is 0 Å². The summed E-state index contributed by atoms with van der Waals surface area (Å²) in [5, 5.41) is 4.79. The number of nitrogens with zero attached hydrogens (tertiary/aromatic N) is 3. The SMILES string of the molecule is C=CC(=O)N1CCC[C@@H](n2cc(CN)c(-c3ccc(NS(=O)(=O)c4ccc(C)cc4)cc3)n2)C1. The van der Waals surface area contributed by atoms with Crippen LogP contribution < -0.4 is 10.5 Å². The summed E-state index contributed by atoms with van der Waals surface area (Å²) in [6.07, 6.45) is 5.10. The molecule has 3 aromatic rings. The van der Waals surface area contributed by atoms with Gasteiger partial charge in [-0.05, 0) is 50.1 Å². The lowest BCUT2D eigenvalue weighted by atomic mass is 10.1. The maximum atomic E-state index is 12.7. The summed E-state index contributed by atoms with van der Waals surface area (Å²) in [5.74, 6) is -0.0696. The van der Waals surface area contributed by atoms with Crippen molar-refractivity contribution in [3.8, 4) is 11.3 Å². The van der Waals surface area contributed by atoms with Gasteiger partial charge in [0.15, 0.2) is 0 Å². The van der Waals surface area contributed by atoms with Gasteiger partial charge in [0.05, 0.1) is 16.6 Å². The normalized spacial score (nSPS) is 16.3. The summed E-state index contributed by atoms with van der Waals surface area (Å²) in [7, 11) is -3.67. The number of carbonyl (C=O) groups excluding carboxylic acids is 1. The van der Waals surface area contributed by atoms with Crippen molar-refractivity contribution >= 4 is 21.6 Å². The fraction of sp³-hybridized carbons (Fsp3) is 0.280. The van der Waals surface area contributed by atoms with Gasteiger partial charge in [-0.2, -0.15) is 5.10 Å². The topological polar surface area (TPSA) is 110 Å². The molecule has 4 rings (SSSR count). The van der Waals surface area contributed by atoms with Gasteiger partial charge in [-0.1, -0.05) is 36.4 Å². The van der Waals surface area contributed by atoms with Crippen LogP contribution in [0.5, 0.6) is 0 Å². The van der Waals surface area contributed by atoms with Crippen LogP contribution in [0.2, 0.25) is 0 Å². The second-order valence-corrected chi connectivity index (χ2v) is 10.1. The minimum atomic E-state index is -3.67. The summed E-state index contributed by atoms with van der Waals surface area (Å²) in [6, 6.07) is 13.8. The number of nitrogens with two attached hydrogens (primary N) is 1. The second-order valence-electron chi connectivity index (χ2n) is 8.47. The van der Waals surface area contributed by atoms with Crippen molar-refractivity contribution in [2.45, 2.75) is 37.2 Å². The molecule has 178 valence electrons. The first-order chi connectivity index (χ1) is 16.3. The van der Waals surface area contributed by atoms with Crippen molar-refractivity contribution in [3.05, 3.63) is 78.5 Å². The van der Waals surface area contributed by atoms with Crippen molar-refractivity contribution in [2.75, 3.05) is 17.8 Å². The van der Waals surface area contributed by atoms with Crippen LogP contribution in [0.4, 0.5) is 5.69 Å². The van der Waals surface area contributed by atoms with Crippen molar-refractivity contribution in [1.29, 1.82) is 0 Å². The third-order valence-corrected chi connectivity index (χ3v) is 7.42. The van der Waals surface area contributed by atoms with Gasteiger partial charge in [0, 0.05) is 42.6 Å². The number of nitrogens with one attached hydrogen (secondary N) is 1. The highest BCUT2D eigenvalue weighted by Gasteiger charge is 2.25. The van der Waals surface area contributed by atoms with Crippen LogP contribution in [0.1, 0.15) is 30.0 Å². The third-order valence-electron chi connectivity index (χ3n) is 6.03. The Labute approximate surface area is 200 Å². The standard InChI is InChI=1S/C25H29N5O3S/c1-3-24(31)29-14-4-5-22(17-29)30-16-20(15-26)25(27-30)19-8-10-21(11-9-19)28-34(32,33)23-12-6-18(2)7-13-23/h3,6-13,16,22,28H,1,4-5,14-15,17,26H2,2H3/t22-/m1/s1. The van der Waals surface area contributed by atoms with Gasteiger partial charge in [-0.25, -0.2) is 8.42 Å². The lowest BCUT2D eigenvalue weighted by Crippen LogP contribution is -2.40. The number of hydrogen-bond acceptors (Lipinski definition) is 5. The molecule has 0 unspecified atom stereocenters. The van der Waals surface area contributed by atoms with E-state index in [1.165, 1.54) is 6.08 Å². The predicted molar refractivity (Wildman–Crippen MR) is 133 cm³/mol. The van der Waals surface area contributed by atoms with Crippen LogP contribution in [0.3, 0.4) is 0 Å². The monoisotopic (exact) mass is 479 g/mol. The van der Waals surface area contributed by atoms with E-state index >= 15 is 0 Å². The molecule has 1 amide bonds. The number of rotatable bonds is 7. The van der Waals surface area contributed by atoms with Crippen LogP contribution in [0, 0.1) is 6.92 Å². The molecular weight excluding hydrogens is 450 g/mol. The molecule has 34 heavy (non-hydrogen) atoms. The van der Waals surface area contributed by atoms with Gasteiger partial charge < -0.3 is 10.6 Å². The van der Waals surface area contributed by atoms with Gasteiger partial charge in [-0.3, -0.25) is 14.2 Å². The van der Waals surface area contributed by atoms with Gasteiger partial charge in [0.25, 0.3) is 10.0 Å². The average molecular weight is 480 g/mol. The quantitative estimate of drug-likeness (QED) is 0.504. The molecule has 3 N–H and O–H groups in total. The molecule has 0 radical (unpaired) electrons. The number of aromatic nitrogens is 2. The van der Waals surface area contributed by atoms with Gasteiger partial charge in [0.2, 0.25) is 5.91 Å². The minimum absolute atomic E-state index is 0.0669. The molecule has 2 aromatic carbocycles. The zero-order valence-electron chi connectivity index (χ0n) is 19.1. The van der Waals surface area contributed by atoms with Crippen LogP contribution in [-0.4, -0.2) is 42.1 Å². The minimum Gasteiger partial charge on any atom is -0.337 e. The summed E-state index contributed by atoms with van der Waals surface area (Å²) in [6.45, 7) is 7.11. The Morgan fingerprint density at radius 3 is 2.56 bits per heavy atom. The number of amides is 1. The number of hydrogen-bond donors (Lipinski definition) is 2. The largest absolute Gasteiger partial charge is 0.337 e. The van der Waals surface area contributed by atoms with Crippen molar-refractivity contribution in [1.82, 2.24) is 14.7 Å². The van der Waals surface area contributed by atoms with Crippen LogP contribution >= 0.6 is 0 Å². The summed E-state index contributed by atoms with van der Waals surface area (Å²) in [4.78, 5) is 14.0. The van der Waals surface area contributed by atoms with Gasteiger partial charge in [0.1, 0.15) is 0 Å². The Morgan fingerprint density at radius 1 is 1.21 bits per heavy atom. The number of benzene rings is 2. The highest BCUT2D eigenvalue weighted by atomic mass is 32.2. The van der Waals surface area contributed by atoms with Crippen molar-refractivity contribution < 1.29 is 13.2 Å². The molecule has 1 fully saturated rings. The number of piperidine rings is 1. The predicted octanol–water partition coefficient (Wildman–Crippen LogP) is 3.47. The number of sulfonamides is 1. The first-order valence-corrected chi connectivity index (χ1v) is 12.7. The molecule has 1 aliphatic rings. The summed E-state index contributed by atoms with van der Waals surface area (Å²) in [5.41, 5.74) is 9.93. The molecule has 2 heterocycles. The molecule has 1 atom stereocenters. The highest BCUT2D eigenvalue weighted by molar-refractivity contribution is 7.92. The lowest BCUT2D eigenvalue weighted by molar-refractivity contribution is -0.127. The third kappa shape index (κ3) is 5.05. The Hall–Kier alpha value is -3.43. The molecule has 1 saturated heterocycles. The van der Waals surface area contributed by atoms with Crippen LogP contribution in [0.25, 0.3) is 11.3 Å². The molecular formula is C25H29N5O3S. The first-order valence-electron chi connectivity index (χ1n) is 11.2. The Kier molecular flexibility index (Phi) is 6.85. The summed E-state index contributed by atoms with van der Waals surface area (Å²) < 4.78 is 29.8. The Balaban J connectivity index is 1.53. The lowest BCUT2D eigenvalue weighted by Gasteiger charge is -2.32. The zero-order valence-corrected chi connectivity index (χ0v) is 20.0. The Bertz CT molecular complexity index is 1280. The fourth-order valence-corrected chi connectivity index (χ4v) is 5.20. The average Bonchev–Trinajstić information content (AvgIpc) is 3.29. The number of anilines is 1. The van der Waals surface area contributed by atoms with Crippen LogP contribution in [-0.2, 0) is 21.4 Å². The molecule has 1 aromatic heterocycles. The molecule has 8 nitrogen and oxygen atoms in total. The van der Waals surface area contributed by atoms with E-state index < -0.39 is 10.0 Å². The van der Waals surface area contributed by atoms with E-state index in [9.17, 15) is 13.2 Å². The van der Waals surface area contributed by atoms with E-state index in [4.69, 9.17) is 10.8 Å². The van der Waals surface area contributed by atoms with E-state index in [1.54, 1.807) is 41.3 Å². The van der Waals surface area contributed by atoms with Crippen molar-refractivity contribution in [3.63, 3.8) is 0 Å². The maximum Gasteiger partial charge on any atom is 0.261 e. The molecule has 9 heteroatoms. The van der Waals surface area contributed by atoms with E-state index in [0.717, 1.165) is 41.8 Å². The van der Waals surface area contributed by atoms with E-state index in [0.29, 0.717) is 18.8 Å². The molecule has 0 saturated carbocycles. The fourth-order valence-electron chi connectivity index (χ4n) is 4.14. The first kappa shape index (κ1) is 23.7. The maximum absolute atomic E-state index is 12.7. The summed E-state index contributed by atoms with van der Waals surface area (Å²) >= 11 is 0. The van der Waals surface area contributed by atoms with E-state index in [1.807, 2.05) is 29.9 Å². The number of likely N-dealkylation sites (tertiary alicyclic amines) is 1. The molecule has 0 aliphatic carbocycles. The molecule has 1 aliphatic heterocycles. The van der Waals surface area contributed by atoms with E-state index in [2.05, 4.69) is 11.3 Å². The van der Waals surface area contributed by atoms with E-state index in [-0.39, 0.29) is 16.8 Å². The van der Waals surface area contributed by atoms with Crippen LogP contribution in [0.15, 0.2) is 72.3 Å². The number of aryl methyl sites for hydroxylation is 1. The molecule has 0 spiro atoms.